The molecule has 1 aromatic carbocycles. The molecule has 1 fully saturated rings. The fraction of sp³-hybridized carbons (Fsp3) is 0.550. The van der Waals surface area contributed by atoms with E-state index >= 15 is 0 Å². The fourth-order valence-corrected chi connectivity index (χ4v) is 4.92. The molecule has 0 unspecified atom stereocenters. The maximum absolute atomic E-state index is 12.5. The molecule has 1 aromatic rings. The average Bonchev–Trinajstić information content (AvgIpc) is 3.21. The summed E-state index contributed by atoms with van der Waals surface area (Å²) in [5.74, 6) is -0.00687. The van der Waals surface area contributed by atoms with Gasteiger partial charge in [-0.3, -0.25) is 4.79 Å². The van der Waals surface area contributed by atoms with Crippen LogP contribution in [0.15, 0.2) is 29.7 Å². The van der Waals surface area contributed by atoms with Crippen LogP contribution in [-0.2, 0) is 21.4 Å². The number of sulfonamides is 1. The van der Waals surface area contributed by atoms with Gasteiger partial charge in [0.15, 0.2) is 0 Å². The number of benzene rings is 1. The SMILES string of the molecule is CC(C)(C)S(=O)(=O)NC1CCC(C(=O)NCc2ccc(C3=CSNN3)cc2)CC1. The number of carbonyl (C=O) groups excluding carboxylic acids is 1. The number of rotatable bonds is 6. The summed E-state index contributed by atoms with van der Waals surface area (Å²) >= 11 is 1.50. The van der Waals surface area contributed by atoms with Crippen molar-refractivity contribution in [3.63, 3.8) is 0 Å². The Hall–Kier alpha value is -1.55. The van der Waals surface area contributed by atoms with Crippen molar-refractivity contribution in [1.29, 1.82) is 0 Å². The lowest BCUT2D eigenvalue weighted by Crippen LogP contribution is -2.46. The minimum absolute atomic E-state index is 0.0481. The van der Waals surface area contributed by atoms with E-state index < -0.39 is 14.8 Å². The number of hydrogen-bond acceptors (Lipinski definition) is 6. The van der Waals surface area contributed by atoms with Crippen LogP contribution in [0.3, 0.4) is 0 Å². The van der Waals surface area contributed by atoms with Gasteiger partial charge in [-0.25, -0.2) is 13.1 Å². The number of hydrazine groups is 1. The maximum atomic E-state index is 12.5. The molecule has 1 aliphatic heterocycles. The zero-order chi connectivity index (χ0) is 21.1. The van der Waals surface area contributed by atoms with Gasteiger partial charge in [0.1, 0.15) is 0 Å². The van der Waals surface area contributed by atoms with Gasteiger partial charge in [0.25, 0.3) is 0 Å². The topological polar surface area (TPSA) is 99.3 Å². The van der Waals surface area contributed by atoms with Crippen LogP contribution in [0.1, 0.15) is 57.6 Å². The molecule has 7 nitrogen and oxygen atoms in total. The van der Waals surface area contributed by atoms with Gasteiger partial charge in [0, 0.05) is 23.9 Å². The van der Waals surface area contributed by atoms with Crippen LogP contribution in [0.2, 0.25) is 0 Å². The van der Waals surface area contributed by atoms with E-state index in [-0.39, 0.29) is 17.9 Å². The van der Waals surface area contributed by atoms with Crippen LogP contribution in [0, 0.1) is 5.92 Å². The van der Waals surface area contributed by atoms with Crippen molar-refractivity contribution in [3.8, 4) is 0 Å². The van der Waals surface area contributed by atoms with Gasteiger partial charge in [-0.05, 0) is 69.5 Å². The highest BCUT2D eigenvalue weighted by Crippen LogP contribution is 2.26. The third-order valence-corrected chi connectivity index (χ3v) is 8.21. The lowest BCUT2D eigenvalue weighted by molar-refractivity contribution is -0.126. The number of amides is 1. The third kappa shape index (κ3) is 5.75. The molecule has 0 spiro atoms. The molecule has 160 valence electrons. The summed E-state index contributed by atoms with van der Waals surface area (Å²) in [6.45, 7) is 5.57. The molecule has 0 atom stereocenters. The lowest BCUT2D eigenvalue weighted by atomic mass is 9.86. The van der Waals surface area contributed by atoms with Crippen molar-refractivity contribution in [2.45, 2.75) is 63.8 Å². The van der Waals surface area contributed by atoms with Crippen LogP contribution in [0.4, 0.5) is 0 Å². The van der Waals surface area contributed by atoms with Crippen LogP contribution in [0.5, 0.6) is 0 Å². The first-order valence-electron chi connectivity index (χ1n) is 9.91. The van der Waals surface area contributed by atoms with Gasteiger partial charge in [-0.1, -0.05) is 24.3 Å². The second-order valence-electron chi connectivity index (χ2n) is 8.57. The van der Waals surface area contributed by atoms with E-state index in [2.05, 4.69) is 20.3 Å². The Kier molecular flexibility index (Phi) is 6.93. The van der Waals surface area contributed by atoms with E-state index in [1.165, 1.54) is 11.9 Å². The Bertz CT molecular complexity index is 853. The first-order chi connectivity index (χ1) is 13.7. The van der Waals surface area contributed by atoms with Gasteiger partial charge in [0.2, 0.25) is 15.9 Å². The van der Waals surface area contributed by atoms with E-state index in [9.17, 15) is 13.2 Å². The van der Waals surface area contributed by atoms with Crippen LogP contribution in [-0.4, -0.2) is 25.1 Å². The number of carbonyl (C=O) groups is 1. The van der Waals surface area contributed by atoms with E-state index in [4.69, 9.17) is 0 Å². The molecule has 9 heteroatoms. The normalized spacial score (nSPS) is 22.7. The summed E-state index contributed by atoms with van der Waals surface area (Å²) in [6, 6.07) is 8.00. The van der Waals surface area contributed by atoms with Gasteiger partial charge < -0.3 is 10.7 Å². The average molecular weight is 439 g/mol. The molecule has 1 saturated carbocycles. The molecular weight excluding hydrogens is 408 g/mol. The second-order valence-corrected chi connectivity index (χ2v) is 11.7. The monoisotopic (exact) mass is 438 g/mol. The summed E-state index contributed by atoms with van der Waals surface area (Å²) in [7, 11) is -3.36. The van der Waals surface area contributed by atoms with E-state index in [1.807, 2.05) is 29.7 Å². The first-order valence-corrected chi connectivity index (χ1v) is 12.3. The molecule has 3 rings (SSSR count). The lowest BCUT2D eigenvalue weighted by Gasteiger charge is -2.30. The zero-order valence-electron chi connectivity index (χ0n) is 17.1. The number of hydrogen-bond donors (Lipinski definition) is 4. The van der Waals surface area contributed by atoms with E-state index in [0.29, 0.717) is 32.2 Å². The fourth-order valence-electron chi connectivity index (χ4n) is 3.35. The smallest absolute Gasteiger partial charge is 0.223 e. The highest BCUT2D eigenvalue weighted by Gasteiger charge is 2.34. The van der Waals surface area contributed by atoms with Gasteiger partial charge in [-0.15, -0.1) is 0 Å². The Labute approximate surface area is 177 Å². The highest BCUT2D eigenvalue weighted by molar-refractivity contribution is 8.00. The molecular formula is C20H30N4O3S2. The largest absolute Gasteiger partial charge is 0.352 e. The van der Waals surface area contributed by atoms with Crippen molar-refractivity contribution in [2.24, 2.45) is 5.92 Å². The second kappa shape index (κ2) is 9.07. The predicted octanol–water partition coefficient (Wildman–Crippen LogP) is 2.63. The zero-order valence-corrected chi connectivity index (χ0v) is 18.8. The molecule has 0 saturated heterocycles. The minimum atomic E-state index is -3.36. The molecule has 4 N–H and O–H groups in total. The molecule has 1 aliphatic carbocycles. The minimum Gasteiger partial charge on any atom is -0.352 e. The third-order valence-electron chi connectivity index (χ3n) is 5.38. The Morgan fingerprint density at radius 1 is 1.14 bits per heavy atom. The Morgan fingerprint density at radius 3 is 2.34 bits per heavy atom. The van der Waals surface area contributed by atoms with Crippen molar-refractivity contribution >= 4 is 33.6 Å². The van der Waals surface area contributed by atoms with Gasteiger partial charge in [-0.2, -0.15) is 4.83 Å². The predicted molar refractivity (Wildman–Crippen MR) is 118 cm³/mol. The molecule has 0 bridgehead atoms. The Balaban J connectivity index is 1.44. The maximum Gasteiger partial charge on any atom is 0.223 e. The van der Waals surface area contributed by atoms with Crippen LogP contribution in [0.25, 0.3) is 5.70 Å². The van der Waals surface area contributed by atoms with Gasteiger partial charge in [0.05, 0.1) is 10.4 Å². The molecule has 29 heavy (non-hydrogen) atoms. The molecule has 1 heterocycles. The molecule has 1 amide bonds. The van der Waals surface area contributed by atoms with Crippen molar-refractivity contribution in [2.75, 3.05) is 0 Å². The molecule has 0 aromatic heterocycles. The van der Waals surface area contributed by atoms with Crippen molar-refractivity contribution in [1.82, 2.24) is 20.3 Å². The Morgan fingerprint density at radius 2 is 1.79 bits per heavy atom. The molecule has 2 aliphatic rings. The van der Waals surface area contributed by atoms with E-state index in [0.717, 1.165) is 16.8 Å². The van der Waals surface area contributed by atoms with Crippen LogP contribution < -0.4 is 20.3 Å². The highest BCUT2D eigenvalue weighted by atomic mass is 32.2. The molecule has 0 radical (unpaired) electrons. The summed E-state index contributed by atoms with van der Waals surface area (Å²) in [5, 5.41) is 5.03. The first kappa shape index (κ1) is 22.1. The summed E-state index contributed by atoms with van der Waals surface area (Å²) in [6.07, 6.45) is 2.78. The standard InChI is InChI=1S/C20H30N4O3S2/c1-20(2,3)29(26,27)23-17-10-8-16(9-11-17)19(25)21-12-14-4-6-15(7-5-14)18-13-28-24-22-18/h4-7,13,16-17,22-24H,8-12H2,1-3H3,(H,21,25). The van der Waals surface area contributed by atoms with E-state index in [1.54, 1.807) is 20.8 Å². The summed E-state index contributed by atoms with van der Waals surface area (Å²) in [5.41, 5.74) is 6.25. The number of nitrogens with one attached hydrogen (secondary N) is 4. The summed E-state index contributed by atoms with van der Waals surface area (Å²) < 4.78 is 26.6. The quantitative estimate of drug-likeness (QED) is 0.510. The summed E-state index contributed by atoms with van der Waals surface area (Å²) in [4.78, 5) is 15.5. The van der Waals surface area contributed by atoms with Crippen molar-refractivity contribution < 1.29 is 13.2 Å². The van der Waals surface area contributed by atoms with Crippen molar-refractivity contribution in [3.05, 3.63) is 40.8 Å². The van der Waals surface area contributed by atoms with Crippen LogP contribution >= 0.6 is 11.9 Å². The van der Waals surface area contributed by atoms with Gasteiger partial charge >= 0.3 is 0 Å².